The van der Waals surface area contributed by atoms with Crippen LogP contribution < -0.4 is 0 Å². The van der Waals surface area contributed by atoms with Gasteiger partial charge in [0.15, 0.2) is 0 Å². The number of para-hydroxylation sites is 2. The standard InChI is InChI=1S/C26H20N2S4/c1-13-15(3)23(25-27-17-9-5-7-11-19(17)29-25)31-21(13)22-14(2)16(4)24(32-22)26-28-18-10-6-8-12-20(18)30-26/h5-12H,1-4H3. The van der Waals surface area contributed by atoms with Gasteiger partial charge in [-0.25, -0.2) is 9.97 Å². The molecule has 0 aliphatic heterocycles. The highest BCUT2D eigenvalue weighted by atomic mass is 32.1. The van der Waals surface area contributed by atoms with Crippen LogP contribution in [0, 0.1) is 27.7 Å². The van der Waals surface area contributed by atoms with Gasteiger partial charge in [-0.2, -0.15) is 0 Å². The number of nitrogens with zero attached hydrogens (tertiary/aromatic N) is 2. The molecule has 2 nitrogen and oxygen atoms in total. The van der Waals surface area contributed by atoms with Crippen LogP contribution in [0.1, 0.15) is 22.3 Å². The Morgan fingerprint density at radius 1 is 0.469 bits per heavy atom. The van der Waals surface area contributed by atoms with Crippen LogP contribution in [-0.4, -0.2) is 9.97 Å². The van der Waals surface area contributed by atoms with Crippen molar-refractivity contribution in [2.75, 3.05) is 0 Å². The van der Waals surface area contributed by atoms with Crippen LogP contribution in [0.3, 0.4) is 0 Å². The van der Waals surface area contributed by atoms with E-state index in [2.05, 4.69) is 76.2 Å². The fourth-order valence-corrected chi connectivity index (χ4v) is 9.04. The highest BCUT2D eigenvalue weighted by Gasteiger charge is 2.23. The van der Waals surface area contributed by atoms with Crippen LogP contribution in [0.5, 0.6) is 0 Å². The summed E-state index contributed by atoms with van der Waals surface area (Å²) in [5.74, 6) is 0. The molecule has 0 radical (unpaired) electrons. The topological polar surface area (TPSA) is 25.8 Å². The molecule has 0 saturated carbocycles. The van der Waals surface area contributed by atoms with Crippen molar-refractivity contribution in [2.45, 2.75) is 27.7 Å². The van der Waals surface area contributed by atoms with Crippen LogP contribution in [-0.2, 0) is 0 Å². The van der Waals surface area contributed by atoms with Crippen LogP contribution in [0.25, 0.3) is 50.0 Å². The summed E-state index contributed by atoms with van der Waals surface area (Å²) < 4.78 is 2.49. The van der Waals surface area contributed by atoms with Crippen molar-refractivity contribution in [1.29, 1.82) is 0 Å². The van der Waals surface area contributed by atoms with Crippen molar-refractivity contribution < 1.29 is 0 Å². The Morgan fingerprint density at radius 2 is 0.844 bits per heavy atom. The average Bonchev–Trinajstić information content (AvgIpc) is 3.54. The number of rotatable bonds is 3. The van der Waals surface area contributed by atoms with E-state index in [-0.39, 0.29) is 0 Å². The second kappa shape index (κ2) is 7.59. The molecule has 0 amide bonds. The molecule has 0 aliphatic carbocycles. The highest BCUT2D eigenvalue weighted by molar-refractivity contribution is 7.30. The van der Waals surface area contributed by atoms with Gasteiger partial charge in [-0.1, -0.05) is 24.3 Å². The number of thiazole rings is 2. The van der Waals surface area contributed by atoms with E-state index in [0.29, 0.717) is 0 Å². The van der Waals surface area contributed by atoms with E-state index in [1.54, 1.807) is 22.7 Å². The maximum atomic E-state index is 4.93. The fourth-order valence-electron chi connectivity index (χ4n) is 3.97. The molecule has 4 heterocycles. The molecule has 0 aliphatic rings. The maximum absolute atomic E-state index is 4.93. The first-order valence-corrected chi connectivity index (χ1v) is 13.7. The number of thiophene rings is 2. The molecule has 0 atom stereocenters. The third-order valence-corrected chi connectivity index (χ3v) is 11.4. The van der Waals surface area contributed by atoms with Crippen LogP contribution >= 0.6 is 45.3 Å². The molecule has 0 unspecified atom stereocenters. The molecule has 158 valence electrons. The van der Waals surface area contributed by atoms with Crippen molar-refractivity contribution >= 4 is 65.8 Å². The summed E-state index contributed by atoms with van der Waals surface area (Å²) in [5.41, 5.74) is 7.59. The molecule has 0 bridgehead atoms. The van der Waals surface area contributed by atoms with Crippen molar-refractivity contribution in [3.63, 3.8) is 0 Å². The van der Waals surface area contributed by atoms with E-state index >= 15 is 0 Å². The predicted molar refractivity (Wildman–Crippen MR) is 144 cm³/mol. The summed E-state index contributed by atoms with van der Waals surface area (Å²) in [6.07, 6.45) is 0. The van der Waals surface area contributed by atoms with Gasteiger partial charge in [-0.05, 0) is 74.2 Å². The number of hydrogen-bond acceptors (Lipinski definition) is 6. The summed E-state index contributed by atoms with van der Waals surface area (Å²) in [6.45, 7) is 8.98. The molecule has 0 spiro atoms. The zero-order chi connectivity index (χ0) is 22.0. The molecule has 6 rings (SSSR count). The van der Waals surface area contributed by atoms with Gasteiger partial charge in [0.1, 0.15) is 10.0 Å². The monoisotopic (exact) mass is 488 g/mol. The summed E-state index contributed by atoms with van der Waals surface area (Å²) in [5, 5.41) is 2.25. The van der Waals surface area contributed by atoms with Crippen LogP contribution in [0.15, 0.2) is 48.5 Å². The second-order valence-electron chi connectivity index (χ2n) is 7.99. The minimum absolute atomic E-state index is 1.08. The molecule has 0 fully saturated rings. The molecular weight excluding hydrogens is 469 g/mol. The maximum Gasteiger partial charge on any atom is 0.134 e. The van der Waals surface area contributed by atoms with E-state index < -0.39 is 0 Å². The Balaban J connectivity index is 1.49. The fraction of sp³-hybridized carbons (Fsp3) is 0.154. The first kappa shape index (κ1) is 20.2. The van der Waals surface area contributed by atoms with Gasteiger partial charge in [-0.3, -0.25) is 0 Å². The summed E-state index contributed by atoms with van der Waals surface area (Å²) in [4.78, 5) is 15.2. The van der Waals surface area contributed by atoms with Gasteiger partial charge < -0.3 is 0 Å². The summed E-state index contributed by atoms with van der Waals surface area (Å²) in [7, 11) is 0. The van der Waals surface area contributed by atoms with Crippen molar-refractivity contribution in [2.24, 2.45) is 0 Å². The largest absolute Gasteiger partial charge is 0.235 e. The molecule has 32 heavy (non-hydrogen) atoms. The van der Waals surface area contributed by atoms with Crippen molar-refractivity contribution in [3.8, 4) is 29.5 Å². The molecule has 0 saturated heterocycles. The molecule has 2 aromatic carbocycles. The quantitative estimate of drug-likeness (QED) is 0.248. The van der Waals surface area contributed by atoms with Gasteiger partial charge in [0.2, 0.25) is 0 Å². The smallest absolute Gasteiger partial charge is 0.134 e. The summed E-state index contributed by atoms with van der Waals surface area (Å²) in [6, 6.07) is 16.8. The van der Waals surface area contributed by atoms with E-state index in [1.165, 1.54) is 51.2 Å². The Labute approximate surface area is 202 Å². The Morgan fingerprint density at radius 3 is 1.25 bits per heavy atom. The number of aromatic nitrogens is 2. The first-order chi connectivity index (χ1) is 15.5. The van der Waals surface area contributed by atoms with Crippen LogP contribution in [0.2, 0.25) is 0 Å². The molecule has 0 N–H and O–H groups in total. The number of fused-ring (bicyclic) bond motifs is 2. The third kappa shape index (κ3) is 3.09. The van der Waals surface area contributed by atoms with Gasteiger partial charge in [0.25, 0.3) is 0 Å². The van der Waals surface area contributed by atoms with E-state index in [9.17, 15) is 0 Å². The lowest BCUT2D eigenvalue weighted by Crippen LogP contribution is -1.80. The predicted octanol–water partition coefficient (Wildman–Crippen LogP) is 9.26. The van der Waals surface area contributed by atoms with Crippen molar-refractivity contribution in [1.82, 2.24) is 9.97 Å². The molecular formula is C26H20N2S4. The second-order valence-corrected chi connectivity index (χ2v) is 12.1. The minimum atomic E-state index is 1.08. The van der Waals surface area contributed by atoms with Gasteiger partial charge >= 0.3 is 0 Å². The van der Waals surface area contributed by atoms with Gasteiger partial charge in [-0.15, -0.1) is 45.3 Å². The lowest BCUT2D eigenvalue weighted by molar-refractivity contribution is 1.37. The Kier molecular flexibility index (Phi) is 4.80. The zero-order valence-corrected chi connectivity index (χ0v) is 21.4. The Hall–Kier alpha value is -2.38. The SMILES string of the molecule is Cc1c(-c2nc3ccccc3s2)sc(-c2sc(-c3nc4ccccc4s3)c(C)c2C)c1C. The van der Waals surface area contributed by atoms with E-state index in [1.807, 2.05) is 22.7 Å². The Bertz CT molecular complexity index is 1440. The molecule has 6 heteroatoms. The minimum Gasteiger partial charge on any atom is -0.235 e. The average molecular weight is 489 g/mol. The first-order valence-electron chi connectivity index (χ1n) is 10.4. The van der Waals surface area contributed by atoms with E-state index in [4.69, 9.17) is 9.97 Å². The highest BCUT2D eigenvalue weighted by Crippen LogP contribution is 2.50. The zero-order valence-electron chi connectivity index (χ0n) is 18.1. The lowest BCUT2D eigenvalue weighted by atomic mass is 10.1. The lowest BCUT2D eigenvalue weighted by Gasteiger charge is -1.99. The molecule has 4 aromatic heterocycles. The normalized spacial score (nSPS) is 11.8. The number of hydrogen-bond donors (Lipinski definition) is 0. The molecule has 6 aromatic rings. The third-order valence-electron chi connectivity index (χ3n) is 6.08. The van der Waals surface area contributed by atoms with Gasteiger partial charge in [0, 0.05) is 9.75 Å². The van der Waals surface area contributed by atoms with E-state index in [0.717, 1.165) is 21.0 Å². The van der Waals surface area contributed by atoms with Crippen molar-refractivity contribution in [3.05, 3.63) is 70.8 Å². The summed E-state index contributed by atoms with van der Waals surface area (Å²) >= 11 is 7.35. The van der Waals surface area contributed by atoms with Crippen LogP contribution in [0.4, 0.5) is 0 Å². The number of benzene rings is 2. The van der Waals surface area contributed by atoms with Gasteiger partial charge in [0.05, 0.1) is 30.2 Å².